The third kappa shape index (κ3) is 3.74. The maximum Gasteiger partial charge on any atom is 0.409 e. The Morgan fingerprint density at radius 1 is 1.00 bits per heavy atom. The van der Waals surface area contributed by atoms with E-state index in [1.165, 1.54) is 24.0 Å². The second kappa shape index (κ2) is 8.33. The van der Waals surface area contributed by atoms with E-state index in [1.54, 1.807) is 0 Å². The van der Waals surface area contributed by atoms with Gasteiger partial charge in [-0.25, -0.2) is 4.79 Å². The summed E-state index contributed by atoms with van der Waals surface area (Å²) in [6.45, 7) is 6.17. The molecule has 5 nitrogen and oxygen atoms in total. The van der Waals surface area contributed by atoms with Crippen molar-refractivity contribution in [2.75, 3.05) is 45.9 Å². The molecule has 154 valence electrons. The molecule has 4 aliphatic rings. The normalized spacial score (nSPS) is 29.5. The van der Waals surface area contributed by atoms with Crippen LogP contribution in [0, 0.1) is 5.92 Å². The Kier molecular flexibility index (Phi) is 5.42. The van der Waals surface area contributed by atoms with E-state index in [0.717, 1.165) is 39.3 Å². The highest BCUT2D eigenvalue weighted by Gasteiger charge is 2.39. The van der Waals surface area contributed by atoms with Gasteiger partial charge in [-0.1, -0.05) is 48.6 Å². The number of carbonyl (C=O) groups is 1. The van der Waals surface area contributed by atoms with Crippen molar-refractivity contribution in [3.63, 3.8) is 0 Å². The zero-order valence-corrected chi connectivity index (χ0v) is 17.0. The molecule has 0 spiro atoms. The molecule has 0 aromatic heterocycles. The molecule has 1 aromatic rings. The number of hydrogen-bond acceptors (Lipinski definition) is 4. The Morgan fingerprint density at radius 2 is 1.72 bits per heavy atom. The fourth-order valence-corrected chi connectivity index (χ4v) is 5.57. The number of nitrogens with one attached hydrogen (secondary N) is 1. The molecule has 2 fully saturated rings. The monoisotopic (exact) mass is 393 g/mol. The highest BCUT2D eigenvalue weighted by atomic mass is 16.6. The lowest BCUT2D eigenvalue weighted by Gasteiger charge is -2.40. The first kappa shape index (κ1) is 18.9. The molecule has 0 radical (unpaired) electrons. The Bertz CT molecular complexity index is 791. The SMILES string of the molecule is O=C(OCC1c2ccccc2C2C=CC=CC21)N1CCN(C2CCNCC2)CC1. The highest BCUT2D eigenvalue weighted by Crippen LogP contribution is 2.49. The summed E-state index contributed by atoms with van der Waals surface area (Å²) in [5.41, 5.74) is 2.72. The lowest BCUT2D eigenvalue weighted by Crippen LogP contribution is -2.54. The standard InChI is InChI=1S/C24H31N3O2/c28-24(27-15-13-26(14-16-27)18-9-11-25-12-10-18)29-17-23-21-7-3-1-5-19(21)20-6-2-4-8-22(20)23/h1-8,18-19,21,23,25H,9-17H2. The summed E-state index contributed by atoms with van der Waals surface area (Å²) in [7, 11) is 0. The van der Waals surface area contributed by atoms with E-state index in [4.69, 9.17) is 4.74 Å². The molecule has 2 aliphatic heterocycles. The van der Waals surface area contributed by atoms with Gasteiger partial charge in [0.15, 0.2) is 0 Å². The van der Waals surface area contributed by atoms with Crippen molar-refractivity contribution >= 4 is 6.09 Å². The predicted molar refractivity (Wildman–Crippen MR) is 114 cm³/mol. The fraction of sp³-hybridized carbons (Fsp3) is 0.542. The molecular formula is C24H31N3O2. The molecule has 29 heavy (non-hydrogen) atoms. The quantitative estimate of drug-likeness (QED) is 0.857. The van der Waals surface area contributed by atoms with Gasteiger partial charge in [0.2, 0.25) is 0 Å². The van der Waals surface area contributed by atoms with Crippen LogP contribution in [-0.2, 0) is 4.74 Å². The van der Waals surface area contributed by atoms with E-state index in [1.807, 2.05) is 4.90 Å². The zero-order chi connectivity index (χ0) is 19.6. The number of benzene rings is 1. The van der Waals surface area contributed by atoms with Crippen molar-refractivity contribution in [1.29, 1.82) is 0 Å². The molecular weight excluding hydrogens is 362 g/mol. The minimum atomic E-state index is -0.147. The first-order chi connectivity index (χ1) is 14.3. The predicted octanol–water partition coefficient (Wildman–Crippen LogP) is 3.12. The highest BCUT2D eigenvalue weighted by molar-refractivity contribution is 5.68. The van der Waals surface area contributed by atoms with Crippen molar-refractivity contribution in [3.05, 3.63) is 59.7 Å². The number of fused-ring (bicyclic) bond motifs is 3. The van der Waals surface area contributed by atoms with Crippen LogP contribution < -0.4 is 5.32 Å². The van der Waals surface area contributed by atoms with Gasteiger partial charge in [-0.15, -0.1) is 0 Å². The third-order valence-electron chi connectivity index (χ3n) is 7.18. The second-order valence-corrected chi connectivity index (χ2v) is 8.69. The Morgan fingerprint density at radius 3 is 2.52 bits per heavy atom. The van der Waals surface area contributed by atoms with Crippen LogP contribution in [0.4, 0.5) is 4.79 Å². The van der Waals surface area contributed by atoms with Crippen LogP contribution in [0.2, 0.25) is 0 Å². The van der Waals surface area contributed by atoms with Crippen LogP contribution in [0.25, 0.3) is 0 Å². The first-order valence-electron chi connectivity index (χ1n) is 11.1. The second-order valence-electron chi connectivity index (χ2n) is 8.69. The summed E-state index contributed by atoms with van der Waals surface area (Å²) >= 11 is 0. The molecule has 1 N–H and O–H groups in total. The van der Waals surface area contributed by atoms with Gasteiger partial charge in [0, 0.05) is 44.1 Å². The lowest BCUT2D eigenvalue weighted by molar-refractivity contribution is 0.0533. The van der Waals surface area contributed by atoms with Crippen LogP contribution in [0.15, 0.2) is 48.6 Å². The van der Waals surface area contributed by atoms with Crippen molar-refractivity contribution in [3.8, 4) is 0 Å². The Balaban J connectivity index is 1.17. The number of amides is 1. The molecule has 1 amide bonds. The number of rotatable bonds is 3. The van der Waals surface area contributed by atoms with E-state index >= 15 is 0 Å². The van der Waals surface area contributed by atoms with Gasteiger partial charge in [0.1, 0.15) is 6.61 Å². The van der Waals surface area contributed by atoms with Gasteiger partial charge < -0.3 is 15.0 Å². The summed E-state index contributed by atoms with van der Waals surface area (Å²) in [4.78, 5) is 17.2. The number of allylic oxidation sites excluding steroid dienone is 4. The number of hydrogen-bond donors (Lipinski definition) is 1. The average molecular weight is 394 g/mol. The molecule has 2 saturated heterocycles. The molecule has 3 unspecified atom stereocenters. The average Bonchev–Trinajstić information content (AvgIpc) is 3.12. The maximum atomic E-state index is 12.8. The van der Waals surface area contributed by atoms with Crippen molar-refractivity contribution in [2.45, 2.75) is 30.7 Å². The van der Waals surface area contributed by atoms with Crippen LogP contribution >= 0.6 is 0 Å². The summed E-state index contributed by atoms with van der Waals surface area (Å²) in [5.74, 6) is 1.05. The molecule has 5 heteroatoms. The van der Waals surface area contributed by atoms with Gasteiger partial charge in [-0.2, -0.15) is 0 Å². The van der Waals surface area contributed by atoms with Crippen molar-refractivity contribution in [2.24, 2.45) is 5.92 Å². The first-order valence-corrected chi connectivity index (χ1v) is 11.1. The van der Waals surface area contributed by atoms with Crippen LogP contribution in [0.1, 0.15) is 35.8 Å². The van der Waals surface area contributed by atoms with Gasteiger partial charge in [-0.05, 0) is 43.0 Å². The lowest BCUT2D eigenvalue weighted by atomic mass is 9.84. The minimum absolute atomic E-state index is 0.147. The van der Waals surface area contributed by atoms with Crippen molar-refractivity contribution < 1.29 is 9.53 Å². The maximum absolute atomic E-state index is 12.8. The number of carbonyl (C=O) groups excluding carboxylic acids is 1. The molecule has 3 atom stereocenters. The van der Waals surface area contributed by atoms with E-state index in [-0.39, 0.29) is 12.0 Å². The Labute approximate surface area is 173 Å². The van der Waals surface area contributed by atoms with Crippen LogP contribution in [0.3, 0.4) is 0 Å². The molecule has 2 aliphatic carbocycles. The van der Waals surface area contributed by atoms with E-state index in [9.17, 15) is 4.79 Å². The van der Waals surface area contributed by atoms with Gasteiger partial charge >= 0.3 is 6.09 Å². The summed E-state index contributed by atoms with van der Waals surface area (Å²) in [6.07, 6.45) is 11.1. The van der Waals surface area contributed by atoms with Crippen LogP contribution in [0.5, 0.6) is 0 Å². The zero-order valence-electron chi connectivity index (χ0n) is 17.0. The Hall–Kier alpha value is -2.11. The van der Waals surface area contributed by atoms with Crippen molar-refractivity contribution in [1.82, 2.24) is 15.1 Å². The molecule has 0 saturated carbocycles. The molecule has 0 bridgehead atoms. The minimum Gasteiger partial charge on any atom is -0.449 e. The van der Waals surface area contributed by atoms with E-state index in [0.29, 0.717) is 24.5 Å². The molecule has 5 rings (SSSR count). The number of piperazine rings is 1. The van der Waals surface area contributed by atoms with Gasteiger partial charge in [-0.3, -0.25) is 4.90 Å². The van der Waals surface area contributed by atoms with E-state index in [2.05, 4.69) is 58.8 Å². The summed E-state index contributed by atoms with van der Waals surface area (Å²) < 4.78 is 5.85. The number of ether oxygens (including phenoxy) is 1. The topological polar surface area (TPSA) is 44.8 Å². The summed E-state index contributed by atoms with van der Waals surface area (Å²) in [5, 5.41) is 3.43. The largest absolute Gasteiger partial charge is 0.449 e. The fourth-order valence-electron chi connectivity index (χ4n) is 5.57. The van der Waals surface area contributed by atoms with E-state index < -0.39 is 0 Å². The van der Waals surface area contributed by atoms with Gasteiger partial charge in [0.05, 0.1) is 0 Å². The molecule has 2 heterocycles. The summed E-state index contributed by atoms with van der Waals surface area (Å²) in [6, 6.07) is 9.30. The number of nitrogens with zero attached hydrogens (tertiary/aromatic N) is 2. The number of piperidine rings is 1. The third-order valence-corrected chi connectivity index (χ3v) is 7.18. The van der Waals surface area contributed by atoms with Crippen LogP contribution in [-0.4, -0.2) is 67.8 Å². The smallest absolute Gasteiger partial charge is 0.409 e. The van der Waals surface area contributed by atoms with Gasteiger partial charge in [0.25, 0.3) is 0 Å². The molecule has 1 aromatic carbocycles.